The van der Waals surface area contributed by atoms with Crippen molar-refractivity contribution in [1.29, 1.82) is 0 Å². The summed E-state index contributed by atoms with van der Waals surface area (Å²) in [7, 11) is 0. The van der Waals surface area contributed by atoms with E-state index in [4.69, 9.17) is 5.73 Å². The maximum Gasteiger partial charge on any atom is 0.393 e. The van der Waals surface area contributed by atoms with Crippen molar-refractivity contribution in [2.24, 2.45) is 17.6 Å². The van der Waals surface area contributed by atoms with Gasteiger partial charge in [-0.3, -0.25) is 4.79 Å². The van der Waals surface area contributed by atoms with Gasteiger partial charge in [-0.05, 0) is 31.6 Å². The van der Waals surface area contributed by atoms with Crippen molar-refractivity contribution in [2.45, 2.75) is 57.2 Å². The van der Waals surface area contributed by atoms with E-state index >= 15 is 0 Å². The third-order valence-corrected chi connectivity index (χ3v) is 4.63. The van der Waals surface area contributed by atoms with Crippen LogP contribution in [0.1, 0.15) is 45.4 Å². The van der Waals surface area contributed by atoms with Crippen LogP contribution in [0.3, 0.4) is 0 Å². The number of carbonyl (C=O) groups is 1. The van der Waals surface area contributed by atoms with Crippen LogP contribution in [0.25, 0.3) is 0 Å². The van der Waals surface area contributed by atoms with E-state index in [1.807, 2.05) is 6.92 Å². The van der Waals surface area contributed by atoms with Gasteiger partial charge < -0.3 is 10.6 Å². The molecule has 1 aliphatic carbocycles. The second kappa shape index (κ2) is 5.54. The summed E-state index contributed by atoms with van der Waals surface area (Å²) in [6.45, 7) is 2.22. The number of hydrogen-bond donors (Lipinski definition) is 1. The lowest BCUT2D eigenvalue weighted by Crippen LogP contribution is -2.59. The van der Waals surface area contributed by atoms with Crippen molar-refractivity contribution in [3.8, 4) is 0 Å². The molecule has 1 saturated carbocycles. The van der Waals surface area contributed by atoms with Gasteiger partial charge in [0, 0.05) is 13.1 Å². The average molecular weight is 292 g/mol. The number of amides is 1. The van der Waals surface area contributed by atoms with Gasteiger partial charge in [-0.25, -0.2) is 0 Å². The van der Waals surface area contributed by atoms with Crippen LogP contribution in [0.2, 0.25) is 0 Å². The molecule has 3 atom stereocenters. The SMILES string of the molecule is CC1CCCC(N)(C(=O)N2CCCC(C(F)(F)F)C2)C1. The highest BCUT2D eigenvalue weighted by molar-refractivity contribution is 5.86. The molecule has 1 saturated heterocycles. The zero-order valence-electron chi connectivity index (χ0n) is 11.9. The summed E-state index contributed by atoms with van der Waals surface area (Å²) >= 11 is 0. The van der Waals surface area contributed by atoms with Crippen molar-refractivity contribution in [2.75, 3.05) is 13.1 Å². The van der Waals surface area contributed by atoms with Crippen molar-refractivity contribution in [3.63, 3.8) is 0 Å². The molecule has 3 unspecified atom stereocenters. The number of alkyl halides is 3. The quantitative estimate of drug-likeness (QED) is 0.807. The number of hydrogen-bond acceptors (Lipinski definition) is 2. The Morgan fingerprint density at radius 3 is 2.60 bits per heavy atom. The van der Waals surface area contributed by atoms with E-state index in [9.17, 15) is 18.0 Å². The second-order valence-electron chi connectivity index (χ2n) is 6.49. The van der Waals surface area contributed by atoms with E-state index in [-0.39, 0.29) is 18.9 Å². The normalized spacial score (nSPS) is 36.0. The largest absolute Gasteiger partial charge is 0.393 e. The highest BCUT2D eigenvalue weighted by Gasteiger charge is 2.46. The van der Waals surface area contributed by atoms with Crippen molar-refractivity contribution in [1.82, 2.24) is 4.90 Å². The van der Waals surface area contributed by atoms with Gasteiger partial charge in [0.2, 0.25) is 5.91 Å². The maximum atomic E-state index is 12.8. The van der Waals surface area contributed by atoms with Crippen LogP contribution < -0.4 is 5.73 Å². The van der Waals surface area contributed by atoms with E-state index in [1.54, 1.807) is 0 Å². The average Bonchev–Trinajstić information content (AvgIpc) is 2.37. The van der Waals surface area contributed by atoms with Crippen LogP contribution in [-0.4, -0.2) is 35.6 Å². The number of piperidine rings is 1. The minimum Gasteiger partial charge on any atom is -0.340 e. The van der Waals surface area contributed by atoms with Gasteiger partial charge in [0.05, 0.1) is 11.5 Å². The molecule has 0 bridgehead atoms. The van der Waals surface area contributed by atoms with Gasteiger partial charge in [0.25, 0.3) is 0 Å². The Balaban J connectivity index is 2.05. The lowest BCUT2D eigenvalue weighted by atomic mass is 9.76. The smallest absolute Gasteiger partial charge is 0.340 e. The molecule has 1 heterocycles. The van der Waals surface area contributed by atoms with Crippen LogP contribution in [0.4, 0.5) is 13.2 Å². The molecular weight excluding hydrogens is 269 g/mol. The molecule has 0 aromatic rings. The first-order valence-electron chi connectivity index (χ1n) is 7.37. The van der Waals surface area contributed by atoms with E-state index < -0.39 is 17.6 Å². The summed E-state index contributed by atoms with van der Waals surface area (Å²) in [4.78, 5) is 13.9. The summed E-state index contributed by atoms with van der Waals surface area (Å²) in [6, 6.07) is 0. The van der Waals surface area contributed by atoms with Crippen molar-refractivity contribution >= 4 is 5.91 Å². The minimum atomic E-state index is -4.22. The topological polar surface area (TPSA) is 46.3 Å². The fourth-order valence-corrected chi connectivity index (χ4v) is 3.53. The number of carbonyl (C=O) groups excluding carboxylic acids is 1. The molecule has 3 nitrogen and oxygen atoms in total. The summed E-state index contributed by atoms with van der Waals surface area (Å²) in [5.41, 5.74) is 5.25. The van der Waals surface area contributed by atoms with Crippen LogP contribution in [0.15, 0.2) is 0 Å². The van der Waals surface area contributed by atoms with Gasteiger partial charge in [0.1, 0.15) is 0 Å². The monoisotopic (exact) mass is 292 g/mol. The van der Waals surface area contributed by atoms with Gasteiger partial charge in [0.15, 0.2) is 0 Å². The van der Waals surface area contributed by atoms with Crippen LogP contribution in [0, 0.1) is 11.8 Å². The number of likely N-dealkylation sites (tertiary alicyclic amines) is 1. The third-order valence-electron chi connectivity index (χ3n) is 4.63. The Morgan fingerprint density at radius 1 is 1.30 bits per heavy atom. The second-order valence-corrected chi connectivity index (χ2v) is 6.49. The fourth-order valence-electron chi connectivity index (χ4n) is 3.53. The minimum absolute atomic E-state index is 0.112. The predicted octanol–water partition coefficient (Wildman–Crippen LogP) is 2.69. The molecule has 0 aromatic heterocycles. The Bertz CT molecular complexity index is 372. The fraction of sp³-hybridized carbons (Fsp3) is 0.929. The van der Waals surface area contributed by atoms with Crippen molar-refractivity contribution in [3.05, 3.63) is 0 Å². The Kier molecular flexibility index (Phi) is 4.33. The number of nitrogens with zero attached hydrogens (tertiary/aromatic N) is 1. The van der Waals surface area contributed by atoms with Crippen LogP contribution >= 0.6 is 0 Å². The van der Waals surface area contributed by atoms with Gasteiger partial charge in [-0.2, -0.15) is 13.2 Å². The molecular formula is C14H23F3N2O. The Labute approximate surface area is 117 Å². The first-order chi connectivity index (χ1) is 9.22. The first kappa shape index (κ1) is 15.6. The van der Waals surface area contributed by atoms with Gasteiger partial charge in [-0.1, -0.05) is 19.8 Å². The third kappa shape index (κ3) is 3.27. The molecule has 2 N–H and O–H groups in total. The summed E-state index contributed by atoms with van der Waals surface area (Å²) < 4.78 is 38.4. The predicted molar refractivity (Wildman–Crippen MR) is 69.9 cm³/mol. The highest BCUT2D eigenvalue weighted by atomic mass is 19.4. The van der Waals surface area contributed by atoms with Crippen LogP contribution in [-0.2, 0) is 4.79 Å². The molecule has 0 radical (unpaired) electrons. The molecule has 1 amide bonds. The molecule has 2 aliphatic rings. The molecule has 6 heteroatoms. The molecule has 0 aromatic carbocycles. The van der Waals surface area contributed by atoms with E-state index in [2.05, 4.69) is 0 Å². The van der Waals surface area contributed by atoms with Crippen molar-refractivity contribution < 1.29 is 18.0 Å². The molecule has 116 valence electrons. The molecule has 1 aliphatic heterocycles. The van der Waals surface area contributed by atoms with E-state index in [0.717, 1.165) is 12.8 Å². The lowest BCUT2D eigenvalue weighted by Gasteiger charge is -2.42. The molecule has 20 heavy (non-hydrogen) atoms. The Morgan fingerprint density at radius 2 is 2.00 bits per heavy atom. The lowest BCUT2D eigenvalue weighted by molar-refractivity contribution is -0.189. The van der Waals surface area contributed by atoms with Crippen LogP contribution in [0.5, 0.6) is 0 Å². The van der Waals surface area contributed by atoms with Gasteiger partial charge >= 0.3 is 6.18 Å². The molecule has 2 fully saturated rings. The molecule has 0 spiro atoms. The Hall–Kier alpha value is -0.780. The standard InChI is InChI=1S/C14H23F3N2O/c1-10-4-2-6-13(18,8-10)12(20)19-7-3-5-11(9-19)14(15,16)17/h10-11H,2-9,18H2,1H3. The summed E-state index contributed by atoms with van der Waals surface area (Å²) in [6.07, 6.45) is -0.622. The van der Waals surface area contributed by atoms with E-state index in [0.29, 0.717) is 31.7 Å². The van der Waals surface area contributed by atoms with E-state index in [1.165, 1.54) is 4.90 Å². The summed E-state index contributed by atoms with van der Waals surface area (Å²) in [5, 5.41) is 0. The number of rotatable bonds is 1. The first-order valence-corrected chi connectivity index (χ1v) is 7.37. The molecule has 2 rings (SSSR count). The number of halogens is 3. The van der Waals surface area contributed by atoms with Gasteiger partial charge in [-0.15, -0.1) is 0 Å². The zero-order chi connectivity index (χ0) is 15.0. The maximum absolute atomic E-state index is 12.8. The highest BCUT2D eigenvalue weighted by Crippen LogP contribution is 2.36. The summed E-state index contributed by atoms with van der Waals surface area (Å²) in [5.74, 6) is -1.32. The number of nitrogens with two attached hydrogens (primary N) is 1. The zero-order valence-corrected chi connectivity index (χ0v) is 11.9.